The number of carboxylic acid groups (broad SMARTS) is 1. The van der Waals surface area contributed by atoms with E-state index in [1.807, 2.05) is 25.4 Å². The average molecular weight is 474 g/mol. The number of fused-ring (bicyclic) bond motifs is 1. The minimum absolute atomic E-state index is 0.116. The highest BCUT2D eigenvalue weighted by Gasteiger charge is 2.29. The van der Waals surface area contributed by atoms with E-state index in [1.165, 1.54) is 16.2 Å². The maximum atomic E-state index is 13.3. The Morgan fingerprint density at radius 1 is 1.30 bits per heavy atom. The minimum atomic E-state index is -0.969. The largest absolute Gasteiger partial charge is 0.465 e. The lowest BCUT2D eigenvalue weighted by atomic mass is 10.0. The van der Waals surface area contributed by atoms with E-state index in [2.05, 4.69) is 20.4 Å². The Kier molecular flexibility index (Phi) is 6.21. The second kappa shape index (κ2) is 8.94. The summed E-state index contributed by atoms with van der Waals surface area (Å²) >= 11 is 1.50. The SMILES string of the molecule is CN(C(=O)O)C1CCN(C(=O)c2cc(NC(C)(C)CO)nc(-c3cnn4ccsc34)n2)CC1. The van der Waals surface area contributed by atoms with Gasteiger partial charge < -0.3 is 25.3 Å². The van der Waals surface area contributed by atoms with Crippen molar-refractivity contribution in [2.75, 3.05) is 32.1 Å². The van der Waals surface area contributed by atoms with Crippen molar-refractivity contribution < 1.29 is 19.8 Å². The van der Waals surface area contributed by atoms with Crippen molar-refractivity contribution in [1.82, 2.24) is 29.4 Å². The third-order valence-corrected chi connectivity index (χ3v) is 6.67. The van der Waals surface area contributed by atoms with Crippen molar-refractivity contribution >= 4 is 34.0 Å². The summed E-state index contributed by atoms with van der Waals surface area (Å²) in [6.07, 6.45) is 3.67. The van der Waals surface area contributed by atoms with Crippen LogP contribution in [0.15, 0.2) is 23.8 Å². The first-order valence-corrected chi connectivity index (χ1v) is 11.5. The molecule has 11 nitrogen and oxygen atoms in total. The van der Waals surface area contributed by atoms with Gasteiger partial charge in [0, 0.05) is 43.8 Å². The number of nitrogens with one attached hydrogen (secondary N) is 1. The van der Waals surface area contributed by atoms with E-state index < -0.39 is 11.6 Å². The van der Waals surface area contributed by atoms with Crippen molar-refractivity contribution in [2.24, 2.45) is 0 Å². The molecule has 0 saturated carbocycles. The van der Waals surface area contributed by atoms with Crippen LogP contribution in [0.25, 0.3) is 16.2 Å². The van der Waals surface area contributed by atoms with Gasteiger partial charge in [-0.15, -0.1) is 11.3 Å². The first-order valence-electron chi connectivity index (χ1n) is 10.6. The van der Waals surface area contributed by atoms with E-state index in [9.17, 15) is 19.8 Å². The van der Waals surface area contributed by atoms with E-state index in [-0.39, 0.29) is 24.2 Å². The molecule has 12 heteroatoms. The molecule has 1 aliphatic heterocycles. The number of hydrogen-bond acceptors (Lipinski definition) is 8. The smallest absolute Gasteiger partial charge is 0.407 e. The van der Waals surface area contributed by atoms with Crippen LogP contribution in [0.3, 0.4) is 0 Å². The molecule has 33 heavy (non-hydrogen) atoms. The Balaban J connectivity index is 1.64. The van der Waals surface area contributed by atoms with Crippen molar-refractivity contribution in [1.29, 1.82) is 0 Å². The molecule has 0 radical (unpaired) electrons. The third-order valence-electron chi connectivity index (χ3n) is 5.78. The van der Waals surface area contributed by atoms with Crippen molar-refractivity contribution in [2.45, 2.75) is 38.3 Å². The summed E-state index contributed by atoms with van der Waals surface area (Å²) < 4.78 is 1.73. The maximum Gasteiger partial charge on any atom is 0.407 e. The van der Waals surface area contributed by atoms with Gasteiger partial charge in [-0.25, -0.2) is 19.3 Å². The molecule has 4 heterocycles. The number of nitrogens with zero attached hydrogens (tertiary/aromatic N) is 6. The highest BCUT2D eigenvalue weighted by Crippen LogP contribution is 2.28. The molecular formula is C21H27N7O4S. The summed E-state index contributed by atoms with van der Waals surface area (Å²) in [6, 6.07) is 1.48. The van der Waals surface area contributed by atoms with Crippen LogP contribution in [0.4, 0.5) is 10.6 Å². The summed E-state index contributed by atoms with van der Waals surface area (Å²) in [6.45, 7) is 4.42. The topological polar surface area (TPSA) is 136 Å². The normalized spacial score (nSPS) is 15.1. The van der Waals surface area contributed by atoms with Gasteiger partial charge in [0.1, 0.15) is 16.3 Å². The van der Waals surface area contributed by atoms with Crippen LogP contribution in [0.1, 0.15) is 37.2 Å². The van der Waals surface area contributed by atoms with Crippen LogP contribution < -0.4 is 5.32 Å². The highest BCUT2D eigenvalue weighted by molar-refractivity contribution is 7.16. The molecule has 0 aromatic carbocycles. The summed E-state index contributed by atoms with van der Waals surface area (Å²) in [7, 11) is 1.55. The Labute approximate surface area is 194 Å². The monoisotopic (exact) mass is 473 g/mol. The second-order valence-corrected chi connectivity index (χ2v) is 9.65. The number of aliphatic hydroxyl groups is 1. The number of piperidine rings is 1. The zero-order valence-corrected chi connectivity index (χ0v) is 19.5. The number of anilines is 1. The standard InChI is InChI=1S/C21H27N7O4S/c1-21(2,12-29)25-16-10-15(18(30)27-6-4-13(5-7-27)26(3)20(31)32)23-17(24-16)14-11-22-28-8-9-33-19(14)28/h8-11,13,29H,4-7,12H2,1-3H3,(H,31,32)(H,23,24,25). The lowest BCUT2D eigenvalue weighted by Crippen LogP contribution is -2.47. The quantitative estimate of drug-likeness (QED) is 0.496. The van der Waals surface area contributed by atoms with E-state index in [0.29, 0.717) is 43.1 Å². The molecule has 2 amide bonds. The lowest BCUT2D eigenvalue weighted by molar-refractivity contribution is 0.0638. The Hall–Kier alpha value is -3.25. The Bertz CT molecular complexity index is 1170. The predicted octanol–water partition coefficient (Wildman–Crippen LogP) is 2.25. The molecular weight excluding hydrogens is 446 g/mol. The van der Waals surface area contributed by atoms with Gasteiger partial charge in [-0.1, -0.05) is 0 Å². The highest BCUT2D eigenvalue weighted by atomic mass is 32.1. The van der Waals surface area contributed by atoms with Crippen LogP contribution in [-0.4, -0.2) is 89.9 Å². The number of rotatable bonds is 6. The van der Waals surface area contributed by atoms with E-state index >= 15 is 0 Å². The number of likely N-dealkylation sites (tertiary alicyclic amines) is 1. The molecule has 1 saturated heterocycles. The summed E-state index contributed by atoms with van der Waals surface area (Å²) in [4.78, 5) is 37.6. The van der Waals surface area contributed by atoms with E-state index in [0.717, 1.165) is 4.83 Å². The molecule has 3 aromatic rings. The van der Waals surface area contributed by atoms with Crippen LogP contribution in [0, 0.1) is 0 Å². The molecule has 0 atom stereocenters. The summed E-state index contributed by atoms with van der Waals surface area (Å²) in [5.41, 5.74) is 0.298. The van der Waals surface area contributed by atoms with Gasteiger partial charge in [-0.2, -0.15) is 5.10 Å². The minimum Gasteiger partial charge on any atom is -0.465 e. The number of aliphatic hydroxyl groups excluding tert-OH is 1. The molecule has 1 fully saturated rings. The fraction of sp³-hybridized carbons (Fsp3) is 0.476. The number of amides is 2. The van der Waals surface area contributed by atoms with Crippen LogP contribution in [0.5, 0.6) is 0 Å². The lowest BCUT2D eigenvalue weighted by Gasteiger charge is -2.35. The average Bonchev–Trinajstić information content (AvgIpc) is 3.41. The number of hydrogen-bond donors (Lipinski definition) is 3. The van der Waals surface area contributed by atoms with Crippen LogP contribution in [-0.2, 0) is 0 Å². The van der Waals surface area contributed by atoms with E-state index in [4.69, 9.17) is 0 Å². The zero-order chi connectivity index (χ0) is 23.8. The fourth-order valence-electron chi connectivity index (χ4n) is 3.78. The van der Waals surface area contributed by atoms with Gasteiger partial charge in [-0.05, 0) is 26.7 Å². The van der Waals surface area contributed by atoms with Crippen molar-refractivity contribution in [3.8, 4) is 11.4 Å². The molecule has 0 aliphatic carbocycles. The molecule has 176 valence electrons. The third kappa shape index (κ3) is 4.76. The number of thiazole rings is 1. The zero-order valence-electron chi connectivity index (χ0n) is 18.7. The molecule has 3 aromatic heterocycles. The molecule has 0 bridgehead atoms. The second-order valence-electron chi connectivity index (χ2n) is 8.76. The van der Waals surface area contributed by atoms with Gasteiger partial charge >= 0.3 is 6.09 Å². The number of carbonyl (C=O) groups is 2. The molecule has 0 spiro atoms. The number of carbonyl (C=O) groups excluding carboxylic acids is 1. The first kappa shape index (κ1) is 22.9. The summed E-state index contributed by atoms with van der Waals surface area (Å²) in [5, 5.41) is 28.3. The van der Waals surface area contributed by atoms with Gasteiger partial charge in [0.15, 0.2) is 5.82 Å². The Morgan fingerprint density at radius 2 is 2.03 bits per heavy atom. The first-order chi connectivity index (χ1) is 15.7. The molecule has 4 rings (SSSR count). The van der Waals surface area contributed by atoms with Gasteiger partial charge in [-0.3, -0.25) is 4.79 Å². The molecule has 3 N–H and O–H groups in total. The summed E-state index contributed by atoms with van der Waals surface area (Å²) in [5.74, 6) is 0.559. The predicted molar refractivity (Wildman–Crippen MR) is 124 cm³/mol. The fourth-order valence-corrected chi connectivity index (χ4v) is 4.57. The number of aromatic nitrogens is 4. The van der Waals surface area contributed by atoms with Crippen LogP contribution >= 0.6 is 11.3 Å². The molecule has 0 unspecified atom stereocenters. The van der Waals surface area contributed by atoms with Crippen molar-refractivity contribution in [3.05, 3.63) is 29.5 Å². The van der Waals surface area contributed by atoms with Gasteiger partial charge in [0.2, 0.25) is 0 Å². The Morgan fingerprint density at radius 3 is 2.70 bits per heavy atom. The molecule has 1 aliphatic rings. The van der Waals surface area contributed by atoms with Crippen LogP contribution in [0.2, 0.25) is 0 Å². The van der Waals surface area contributed by atoms with E-state index in [1.54, 1.807) is 28.7 Å². The van der Waals surface area contributed by atoms with Gasteiger partial charge in [0.25, 0.3) is 5.91 Å². The van der Waals surface area contributed by atoms with Crippen molar-refractivity contribution in [3.63, 3.8) is 0 Å². The van der Waals surface area contributed by atoms with Gasteiger partial charge in [0.05, 0.1) is 23.9 Å². The maximum absolute atomic E-state index is 13.3.